The number of carbonyl (C=O) groups excluding carboxylic acids is 2. The molecular formula is C33H41ClF3N3O2. The summed E-state index contributed by atoms with van der Waals surface area (Å²) in [6.45, 7) is 7.61. The van der Waals surface area contributed by atoms with Crippen molar-refractivity contribution in [3.05, 3.63) is 69.2 Å². The van der Waals surface area contributed by atoms with Crippen LogP contribution in [-0.2, 0) is 9.59 Å². The number of carbonyl (C=O) groups is 2. The number of piperidine rings is 1. The molecule has 1 saturated carbocycles. The van der Waals surface area contributed by atoms with E-state index in [-0.39, 0.29) is 35.7 Å². The molecule has 3 aliphatic rings. The van der Waals surface area contributed by atoms with Gasteiger partial charge in [0.1, 0.15) is 17.8 Å². The lowest BCUT2D eigenvalue weighted by molar-refractivity contribution is -0.137. The summed E-state index contributed by atoms with van der Waals surface area (Å²) in [4.78, 5) is 29.9. The highest BCUT2D eigenvalue weighted by atomic mass is 35.5. The van der Waals surface area contributed by atoms with Gasteiger partial charge in [0, 0.05) is 56.2 Å². The van der Waals surface area contributed by atoms with Crippen LogP contribution in [0.2, 0.25) is 5.02 Å². The summed E-state index contributed by atoms with van der Waals surface area (Å²) in [5, 5.41) is 3.75. The molecule has 9 heteroatoms. The minimum absolute atomic E-state index is 0.00693. The zero-order valence-electron chi connectivity index (χ0n) is 24.6. The maximum atomic E-state index is 15.0. The van der Waals surface area contributed by atoms with E-state index in [9.17, 15) is 22.8 Å². The van der Waals surface area contributed by atoms with Crippen molar-refractivity contribution in [3.8, 4) is 0 Å². The minimum atomic E-state index is -0.877. The largest absolute Gasteiger partial charge is 0.350 e. The number of benzene rings is 2. The second-order valence-electron chi connectivity index (χ2n) is 12.4. The molecule has 2 aromatic carbocycles. The lowest BCUT2D eigenvalue weighted by Gasteiger charge is -2.36. The van der Waals surface area contributed by atoms with Crippen LogP contribution in [0.4, 0.5) is 13.2 Å². The molecule has 2 saturated heterocycles. The summed E-state index contributed by atoms with van der Waals surface area (Å²) in [5.41, 5.74) is 3.51. The quantitative estimate of drug-likeness (QED) is 0.378. The number of alkyl halides is 1. The van der Waals surface area contributed by atoms with Gasteiger partial charge in [-0.1, -0.05) is 30.7 Å². The van der Waals surface area contributed by atoms with E-state index < -0.39 is 23.7 Å². The molecule has 1 N–H and O–H groups in total. The molecule has 0 bridgehead atoms. The Balaban J connectivity index is 1.34. The zero-order chi connectivity index (χ0) is 30.1. The number of amides is 2. The van der Waals surface area contributed by atoms with Gasteiger partial charge in [-0.05, 0) is 91.7 Å². The van der Waals surface area contributed by atoms with Crippen molar-refractivity contribution in [2.45, 2.75) is 89.4 Å². The average molecular weight is 604 g/mol. The summed E-state index contributed by atoms with van der Waals surface area (Å²) in [6, 6.07) is 7.56. The fraction of sp³-hybridized carbons (Fsp3) is 0.576. The van der Waals surface area contributed by atoms with E-state index >= 15 is 0 Å². The Labute approximate surface area is 251 Å². The number of aryl methyl sites for hydroxylation is 1. The van der Waals surface area contributed by atoms with Crippen LogP contribution in [0.1, 0.15) is 92.5 Å². The molecule has 2 heterocycles. The second kappa shape index (κ2) is 13.0. The Morgan fingerprint density at radius 2 is 1.79 bits per heavy atom. The van der Waals surface area contributed by atoms with Crippen LogP contribution < -0.4 is 5.32 Å². The van der Waals surface area contributed by atoms with Gasteiger partial charge in [0.15, 0.2) is 0 Å². The van der Waals surface area contributed by atoms with Gasteiger partial charge in [0.05, 0.1) is 6.04 Å². The van der Waals surface area contributed by atoms with Crippen molar-refractivity contribution in [2.75, 3.05) is 26.2 Å². The van der Waals surface area contributed by atoms with Crippen molar-refractivity contribution in [3.63, 3.8) is 0 Å². The summed E-state index contributed by atoms with van der Waals surface area (Å²) >= 11 is 6.56. The molecule has 5 nitrogen and oxygen atoms in total. The van der Waals surface area contributed by atoms with E-state index in [1.165, 1.54) is 19.1 Å². The van der Waals surface area contributed by atoms with Gasteiger partial charge in [-0.25, -0.2) is 13.2 Å². The number of nitrogens with zero attached hydrogens (tertiary/aromatic N) is 2. The number of likely N-dealkylation sites (tertiary alicyclic amines) is 2. The van der Waals surface area contributed by atoms with E-state index in [0.717, 1.165) is 42.0 Å². The van der Waals surface area contributed by atoms with Gasteiger partial charge in [0.25, 0.3) is 0 Å². The Bertz CT molecular complexity index is 1320. The van der Waals surface area contributed by atoms with Crippen molar-refractivity contribution in [1.82, 2.24) is 15.1 Å². The van der Waals surface area contributed by atoms with Crippen LogP contribution in [0.15, 0.2) is 30.3 Å². The fourth-order valence-corrected chi connectivity index (χ4v) is 7.64. The Hall–Kier alpha value is -2.58. The molecule has 0 aromatic heterocycles. The molecule has 1 aliphatic carbocycles. The summed E-state index contributed by atoms with van der Waals surface area (Å²) in [7, 11) is 0. The molecule has 42 heavy (non-hydrogen) atoms. The normalized spacial score (nSPS) is 26.0. The van der Waals surface area contributed by atoms with E-state index in [0.29, 0.717) is 56.0 Å². The average Bonchev–Trinajstić information content (AvgIpc) is 3.59. The van der Waals surface area contributed by atoms with Gasteiger partial charge < -0.3 is 10.2 Å². The molecule has 2 amide bonds. The molecule has 5 atom stereocenters. The second-order valence-corrected chi connectivity index (χ2v) is 12.8. The first kappa shape index (κ1) is 30.9. The third kappa shape index (κ3) is 6.49. The Kier molecular flexibility index (Phi) is 9.53. The SMILES string of the molecule is CC[C@H](NC(C)=O)c1cc(C)c(Cl)cc1C1CCN(C(=O)[C@H]2C[C@H](N3CC[C@H](F)C3)C[C@@H]2c2ccc(F)cc2F)CC1. The molecular weight excluding hydrogens is 563 g/mol. The zero-order valence-corrected chi connectivity index (χ0v) is 25.4. The lowest BCUT2D eigenvalue weighted by Crippen LogP contribution is -2.42. The molecule has 5 rings (SSSR count). The van der Waals surface area contributed by atoms with Gasteiger partial charge >= 0.3 is 0 Å². The van der Waals surface area contributed by atoms with Crippen LogP contribution in [0, 0.1) is 24.5 Å². The van der Waals surface area contributed by atoms with Crippen LogP contribution in [0.5, 0.6) is 0 Å². The Morgan fingerprint density at radius 3 is 2.40 bits per heavy atom. The van der Waals surface area contributed by atoms with Crippen LogP contribution in [0.25, 0.3) is 0 Å². The van der Waals surface area contributed by atoms with Crippen molar-refractivity contribution < 1.29 is 22.8 Å². The topological polar surface area (TPSA) is 52.7 Å². The standard InChI is InChI=1S/C33H41ClF3N3O2/c1-4-32(38-20(3)41)28-13-19(2)30(34)17-26(28)21-7-10-39(11-8-21)33(42)29-16-24(40-12-9-23(36)18-40)15-27(29)25-6-5-22(35)14-31(25)37/h5-6,13-14,17,21,23-24,27,29,32H,4,7-12,15-16,18H2,1-3H3,(H,38,41)/t23-,24+,27+,29-,32-/m0/s1. The Morgan fingerprint density at radius 1 is 1.05 bits per heavy atom. The molecule has 0 spiro atoms. The van der Waals surface area contributed by atoms with E-state index in [1.807, 2.05) is 24.8 Å². The number of halogens is 4. The third-order valence-corrected chi connectivity index (χ3v) is 10.1. The summed E-state index contributed by atoms with van der Waals surface area (Å²) in [5.74, 6) is -2.02. The maximum absolute atomic E-state index is 15.0. The smallest absolute Gasteiger partial charge is 0.226 e. The van der Waals surface area contributed by atoms with Gasteiger partial charge in [-0.15, -0.1) is 0 Å². The highest BCUT2D eigenvalue weighted by Crippen LogP contribution is 2.45. The highest BCUT2D eigenvalue weighted by Gasteiger charge is 2.45. The van der Waals surface area contributed by atoms with Gasteiger partial charge in [-0.2, -0.15) is 0 Å². The fourth-order valence-electron chi connectivity index (χ4n) is 7.47. The number of hydrogen-bond acceptors (Lipinski definition) is 3. The van der Waals surface area contributed by atoms with E-state index in [1.54, 1.807) is 0 Å². The van der Waals surface area contributed by atoms with Crippen molar-refractivity contribution >= 4 is 23.4 Å². The van der Waals surface area contributed by atoms with Gasteiger partial charge in [-0.3, -0.25) is 14.5 Å². The number of nitrogens with one attached hydrogen (secondary N) is 1. The first-order valence-corrected chi connectivity index (χ1v) is 15.6. The summed E-state index contributed by atoms with van der Waals surface area (Å²) < 4.78 is 42.8. The first-order chi connectivity index (χ1) is 20.0. The van der Waals surface area contributed by atoms with Crippen LogP contribution in [0.3, 0.4) is 0 Å². The van der Waals surface area contributed by atoms with Crippen LogP contribution in [-0.4, -0.2) is 60.0 Å². The van der Waals surface area contributed by atoms with Crippen LogP contribution >= 0.6 is 11.6 Å². The molecule has 0 radical (unpaired) electrons. The summed E-state index contributed by atoms with van der Waals surface area (Å²) in [6.07, 6.45) is 2.93. The molecule has 0 unspecified atom stereocenters. The monoisotopic (exact) mass is 603 g/mol. The minimum Gasteiger partial charge on any atom is -0.350 e. The first-order valence-electron chi connectivity index (χ1n) is 15.2. The predicted molar refractivity (Wildman–Crippen MR) is 158 cm³/mol. The third-order valence-electron chi connectivity index (χ3n) is 9.67. The molecule has 2 aromatic rings. The highest BCUT2D eigenvalue weighted by molar-refractivity contribution is 6.31. The van der Waals surface area contributed by atoms with E-state index in [2.05, 4.69) is 16.3 Å². The molecule has 228 valence electrons. The molecule has 2 aliphatic heterocycles. The number of hydrogen-bond donors (Lipinski definition) is 1. The van der Waals surface area contributed by atoms with E-state index in [4.69, 9.17) is 11.6 Å². The van der Waals surface area contributed by atoms with Crippen molar-refractivity contribution in [1.29, 1.82) is 0 Å². The lowest BCUT2D eigenvalue weighted by atomic mass is 9.82. The maximum Gasteiger partial charge on any atom is 0.226 e. The number of rotatable bonds is 7. The van der Waals surface area contributed by atoms with Gasteiger partial charge in [0.2, 0.25) is 11.8 Å². The predicted octanol–water partition coefficient (Wildman–Crippen LogP) is 6.83. The van der Waals surface area contributed by atoms with Crippen molar-refractivity contribution in [2.24, 2.45) is 5.92 Å². The molecule has 3 fully saturated rings.